The van der Waals surface area contributed by atoms with Crippen LogP contribution in [0.4, 0.5) is 5.69 Å². The van der Waals surface area contributed by atoms with Crippen LogP contribution in [0.1, 0.15) is 24.5 Å². The molecule has 0 aliphatic rings. The van der Waals surface area contributed by atoms with Crippen molar-refractivity contribution in [2.75, 3.05) is 32.1 Å². The number of carbonyl (C=O) groups is 2. The molecule has 0 saturated heterocycles. The van der Waals surface area contributed by atoms with Crippen LogP contribution in [0, 0.1) is 13.8 Å². The number of nitrogens with one attached hydrogen (secondary N) is 1. The van der Waals surface area contributed by atoms with Gasteiger partial charge in [0, 0.05) is 32.9 Å². The molecule has 1 aromatic rings. The minimum absolute atomic E-state index is 0.0623. The maximum Gasteiger partial charge on any atom is 0.244 e. The molecule has 0 bridgehead atoms. The first kappa shape index (κ1) is 17.2. The summed E-state index contributed by atoms with van der Waals surface area (Å²) in [6, 6.07) is 5.85. The van der Waals surface area contributed by atoms with Crippen molar-refractivity contribution in [3.63, 3.8) is 0 Å². The molecule has 5 heteroatoms. The molecule has 1 aromatic carbocycles. The van der Waals surface area contributed by atoms with Crippen LogP contribution in [0.25, 0.3) is 0 Å². The van der Waals surface area contributed by atoms with Crippen LogP contribution in [0.3, 0.4) is 0 Å². The highest BCUT2D eigenvalue weighted by molar-refractivity contribution is 5.95. The Morgan fingerprint density at radius 3 is 2.38 bits per heavy atom. The fourth-order valence-corrected chi connectivity index (χ4v) is 2.11. The molecule has 0 radical (unpaired) electrons. The molecule has 0 saturated carbocycles. The molecule has 0 unspecified atom stereocenters. The highest BCUT2D eigenvalue weighted by atomic mass is 16.5. The number of para-hydroxylation sites is 1. The van der Waals surface area contributed by atoms with Crippen molar-refractivity contribution in [3.8, 4) is 0 Å². The summed E-state index contributed by atoms with van der Waals surface area (Å²) in [5.74, 6) is -0.289. The van der Waals surface area contributed by atoms with Crippen molar-refractivity contribution in [3.05, 3.63) is 29.3 Å². The fourth-order valence-electron chi connectivity index (χ4n) is 2.11. The van der Waals surface area contributed by atoms with E-state index in [1.807, 2.05) is 32.0 Å². The van der Waals surface area contributed by atoms with E-state index in [9.17, 15) is 9.59 Å². The lowest BCUT2D eigenvalue weighted by Crippen LogP contribution is -2.37. The Labute approximate surface area is 126 Å². The maximum atomic E-state index is 12.1. The Bertz CT molecular complexity index is 480. The Morgan fingerprint density at radius 1 is 1.24 bits per heavy atom. The van der Waals surface area contributed by atoms with E-state index in [0.717, 1.165) is 16.8 Å². The third-order valence-electron chi connectivity index (χ3n) is 3.30. The molecule has 0 fully saturated rings. The van der Waals surface area contributed by atoms with Crippen LogP contribution in [0.5, 0.6) is 0 Å². The minimum Gasteiger partial charge on any atom is -0.385 e. The van der Waals surface area contributed by atoms with Gasteiger partial charge in [-0.2, -0.15) is 0 Å². The second kappa shape index (κ2) is 8.42. The maximum absolute atomic E-state index is 12.1. The van der Waals surface area contributed by atoms with Gasteiger partial charge in [-0.3, -0.25) is 9.59 Å². The summed E-state index contributed by atoms with van der Waals surface area (Å²) in [5, 5.41) is 2.89. The molecule has 0 aromatic heterocycles. The lowest BCUT2D eigenvalue weighted by Gasteiger charge is -2.21. The molecule has 1 rings (SSSR count). The van der Waals surface area contributed by atoms with Crippen molar-refractivity contribution in [2.45, 2.75) is 27.2 Å². The molecule has 0 heterocycles. The molecule has 116 valence electrons. The molecule has 1 N–H and O–H groups in total. The van der Waals surface area contributed by atoms with Crippen molar-refractivity contribution in [1.82, 2.24) is 4.90 Å². The standard InChI is InChI=1S/C16H24N2O3/c1-12-7-5-8-13(2)16(12)17-15(20)11-18(14(3)19)9-6-10-21-4/h5,7-8H,6,9-11H2,1-4H3,(H,17,20). The van der Waals surface area contributed by atoms with Gasteiger partial charge in [0.05, 0.1) is 6.54 Å². The largest absolute Gasteiger partial charge is 0.385 e. The molecule has 0 atom stereocenters. The topological polar surface area (TPSA) is 58.6 Å². The van der Waals surface area contributed by atoms with Gasteiger partial charge in [-0.15, -0.1) is 0 Å². The van der Waals surface area contributed by atoms with E-state index >= 15 is 0 Å². The number of nitrogens with zero attached hydrogens (tertiary/aromatic N) is 1. The van der Waals surface area contributed by atoms with Crippen LogP contribution >= 0.6 is 0 Å². The zero-order valence-electron chi connectivity index (χ0n) is 13.2. The zero-order valence-corrected chi connectivity index (χ0v) is 13.2. The second-order valence-corrected chi connectivity index (χ2v) is 5.10. The average molecular weight is 292 g/mol. The van der Waals surface area contributed by atoms with E-state index in [1.165, 1.54) is 11.8 Å². The summed E-state index contributed by atoms with van der Waals surface area (Å²) < 4.78 is 4.97. The van der Waals surface area contributed by atoms with E-state index in [2.05, 4.69) is 5.32 Å². The minimum atomic E-state index is -0.181. The van der Waals surface area contributed by atoms with Gasteiger partial charge >= 0.3 is 0 Å². The predicted molar refractivity (Wildman–Crippen MR) is 83.3 cm³/mol. The zero-order chi connectivity index (χ0) is 15.8. The van der Waals surface area contributed by atoms with Gasteiger partial charge in [0.1, 0.15) is 0 Å². The van der Waals surface area contributed by atoms with Crippen LogP contribution in [0.2, 0.25) is 0 Å². The van der Waals surface area contributed by atoms with Gasteiger partial charge in [-0.25, -0.2) is 0 Å². The number of anilines is 1. The van der Waals surface area contributed by atoms with E-state index in [-0.39, 0.29) is 18.4 Å². The molecule has 5 nitrogen and oxygen atoms in total. The summed E-state index contributed by atoms with van der Waals surface area (Å²) in [7, 11) is 1.62. The number of hydrogen-bond acceptors (Lipinski definition) is 3. The first-order valence-electron chi connectivity index (χ1n) is 7.06. The number of ether oxygens (including phenoxy) is 1. The summed E-state index contributed by atoms with van der Waals surface area (Å²) >= 11 is 0. The lowest BCUT2D eigenvalue weighted by molar-refractivity contribution is -0.132. The van der Waals surface area contributed by atoms with Crippen molar-refractivity contribution < 1.29 is 14.3 Å². The Morgan fingerprint density at radius 2 is 1.86 bits per heavy atom. The lowest BCUT2D eigenvalue weighted by atomic mass is 10.1. The number of amides is 2. The average Bonchev–Trinajstić information content (AvgIpc) is 2.42. The first-order chi connectivity index (χ1) is 9.95. The molecule has 2 amide bonds. The third kappa shape index (κ3) is 5.55. The normalized spacial score (nSPS) is 10.3. The SMILES string of the molecule is COCCCN(CC(=O)Nc1c(C)cccc1C)C(C)=O. The summed E-state index contributed by atoms with van der Waals surface area (Å²) in [6.07, 6.45) is 0.715. The molecular weight excluding hydrogens is 268 g/mol. The number of carbonyl (C=O) groups excluding carboxylic acids is 2. The summed E-state index contributed by atoms with van der Waals surface area (Å²) in [4.78, 5) is 25.2. The molecule has 0 aliphatic carbocycles. The smallest absolute Gasteiger partial charge is 0.244 e. The quantitative estimate of drug-likeness (QED) is 0.783. The molecular formula is C16H24N2O3. The number of rotatable bonds is 7. The van der Waals surface area contributed by atoms with Gasteiger partial charge in [-0.05, 0) is 31.4 Å². The Hall–Kier alpha value is -1.88. The Balaban J connectivity index is 2.63. The van der Waals surface area contributed by atoms with E-state index in [0.29, 0.717) is 19.6 Å². The second-order valence-electron chi connectivity index (χ2n) is 5.10. The van der Waals surface area contributed by atoms with Gasteiger partial charge in [0.15, 0.2) is 0 Å². The van der Waals surface area contributed by atoms with E-state index < -0.39 is 0 Å². The fraction of sp³-hybridized carbons (Fsp3) is 0.500. The van der Waals surface area contributed by atoms with Crippen molar-refractivity contribution in [2.24, 2.45) is 0 Å². The van der Waals surface area contributed by atoms with Crippen LogP contribution in [0.15, 0.2) is 18.2 Å². The number of methoxy groups -OCH3 is 1. The van der Waals surface area contributed by atoms with Gasteiger partial charge in [-0.1, -0.05) is 18.2 Å². The first-order valence-corrected chi connectivity index (χ1v) is 7.06. The molecule has 0 aliphatic heterocycles. The summed E-state index contributed by atoms with van der Waals surface area (Å²) in [6.45, 7) is 6.52. The van der Waals surface area contributed by atoms with E-state index in [1.54, 1.807) is 7.11 Å². The number of aryl methyl sites for hydroxylation is 2. The van der Waals surface area contributed by atoms with Crippen molar-refractivity contribution >= 4 is 17.5 Å². The van der Waals surface area contributed by atoms with Gasteiger partial charge in [0.2, 0.25) is 11.8 Å². The predicted octanol–water partition coefficient (Wildman–Crippen LogP) is 2.13. The number of hydrogen-bond donors (Lipinski definition) is 1. The van der Waals surface area contributed by atoms with Gasteiger partial charge < -0.3 is 15.0 Å². The van der Waals surface area contributed by atoms with E-state index in [4.69, 9.17) is 4.74 Å². The highest BCUT2D eigenvalue weighted by Crippen LogP contribution is 2.19. The molecule has 0 spiro atoms. The number of benzene rings is 1. The van der Waals surface area contributed by atoms with Crippen LogP contribution in [-0.2, 0) is 14.3 Å². The van der Waals surface area contributed by atoms with Crippen LogP contribution < -0.4 is 5.32 Å². The third-order valence-corrected chi connectivity index (χ3v) is 3.30. The summed E-state index contributed by atoms with van der Waals surface area (Å²) in [5.41, 5.74) is 2.84. The monoisotopic (exact) mass is 292 g/mol. The molecule has 21 heavy (non-hydrogen) atoms. The van der Waals surface area contributed by atoms with Gasteiger partial charge in [0.25, 0.3) is 0 Å². The highest BCUT2D eigenvalue weighted by Gasteiger charge is 2.14. The Kier molecular flexibility index (Phi) is 6.88. The van der Waals surface area contributed by atoms with Crippen molar-refractivity contribution in [1.29, 1.82) is 0 Å². The van der Waals surface area contributed by atoms with Crippen LogP contribution in [-0.4, -0.2) is 43.5 Å².